The van der Waals surface area contributed by atoms with Crippen molar-refractivity contribution in [2.45, 2.75) is 76.2 Å². The van der Waals surface area contributed by atoms with Crippen molar-refractivity contribution in [3.63, 3.8) is 0 Å². The minimum Gasteiger partial charge on any atom is -0.476 e. The van der Waals surface area contributed by atoms with Gasteiger partial charge in [0.05, 0.1) is 10.6 Å². The maximum atomic E-state index is 13.3. The molecule has 0 spiro atoms. The molecule has 2 bridgehead atoms. The lowest BCUT2D eigenvalue weighted by molar-refractivity contribution is -0.149. The smallest absolute Gasteiger partial charge is 0.408 e. The predicted octanol–water partition coefficient (Wildman–Crippen LogP) is 5.80. The van der Waals surface area contributed by atoms with Crippen LogP contribution in [0.3, 0.4) is 0 Å². The van der Waals surface area contributed by atoms with E-state index in [4.69, 9.17) is 16.3 Å². The topological polar surface area (TPSA) is 80.3 Å². The van der Waals surface area contributed by atoms with Crippen LogP contribution in [0.15, 0.2) is 36.5 Å². The number of benzene rings is 1. The lowest BCUT2D eigenvalue weighted by Gasteiger charge is -2.37. The van der Waals surface area contributed by atoms with E-state index in [1.54, 1.807) is 19.9 Å². The second kappa shape index (κ2) is 10.7. The Morgan fingerprint density at radius 2 is 1.76 bits per heavy atom. The largest absolute Gasteiger partial charge is 0.476 e. The molecule has 2 saturated carbocycles. The molecule has 2 aromatic rings. The van der Waals surface area contributed by atoms with Gasteiger partial charge in [0, 0.05) is 23.9 Å². The standard InChI is InChI=1S/C27H30ClF4N3O3/c1-14(27(30,31)32)34-24(36)17-6-8-21(33-13-17)23-15-4-5-16(23)11-19(10-15)35-25(37)26(2,3)38-22-9-7-18(29)12-20(22)28/h6-9,12-16,19,23H,4-5,10-11H2,1-3H3,(H,34,36)(H,35,37)/t14-,15?,16?,19?,23?/m1/s1. The van der Waals surface area contributed by atoms with E-state index < -0.39 is 29.5 Å². The molecule has 38 heavy (non-hydrogen) atoms. The van der Waals surface area contributed by atoms with E-state index in [0.29, 0.717) is 0 Å². The first-order valence-corrected chi connectivity index (χ1v) is 12.9. The number of hydrogen-bond donors (Lipinski definition) is 2. The summed E-state index contributed by atoms with van der Waals surface area (Å²) in [4.78, 5) is 29.7. The van der Waals surface area contributed by atoms with Gasteiger partial charge in [-0.1, -0.05) is 11.6 Å². The van der Waals surface area contributed by atoms with E-state index >= 15 is 0 Å². The summed E-state index contributed by atoms with van der Waals surface area (Å²) in [7, 11) is 0. The Balaban J connectivity index is 1.36. The third-order valence-corrected chi connectivity index (χ3v) is 7.76. The molecule has 2 fully saturated rings. The number of halogens is 5. The fourth-order valence-electron chi connectivity index (χ4n) is 5.47. The van der Waals surface area contributed by atoms with Gasteiger partial charge in [0.2, 0.25) is 0 Å². The van der Waals surface area contributed by atoms with Crippen LogP contribution < -0.4 is 15.4 Å². The van der Waals surface area contributed by atoms with E-state index in [1.807, 2.05) is 5.32 Å². The van der Waals surface area contributed by atoms with Gasteiger partial charge in [-0.15, -0.1) is 0 Å². The first-order valence-electron chi connectivity index (χ1n) is 12.5. The van der Waals surface area contributed by atoms with E-state index in [9.17, 15) is 27.2 Å². The number of nitrogens with one attached hydrogen (secondary N) is 2. The molecule has 11 heteroatoms. The van der Waals surface area contributed by atoms with Gasteiger partial charge in [0.1, 0.15) is 17.6 Å². The van der Waals surface area contributed by atoms with Crippen molar-refractivity contribution < 1.29 is 31.9 Å². The number of carbonyl (C=O) groups excluding carboxylic acids is 2. The Hall–Kier alpha value is -2.88. The lowest BCUT2D eigenvalue weighted by atomic mass is 9.74. The molecule has 1 heterocycles. The zero-order valence-corrected chi connectivity index (χ0v) is 22.0. The van der Waals surface area contributed by atoms with Crippen molar-refractivity contribution >= 4 is 23.4 Å². The van der Waals surface area contributed by atoms with Crippen LogP contribution >= 0.6 is 11.6 Å². The first-order chi connectivity index (χ1) is 17.7. The molecule has 1 aromatic heterocycles. The van der Waals surface area contributed by atoms with Gasteiger partial charge in [0.25, 0.3) is 11.8 Å². The van der Waals surface area contributed by atoms with Crippen molar-refractivity contribution in [2.24, 2.45) is 11.8 Å². The Labute approximate surface area is 223 Å². The zero-order valence-electron chi connectivity index (χ0n) is 21.2. The predicted molar refractivity (Wildman–Crippen MR) is 133 cm³/mol. The molecule has 4 rings (SSSR count). The quantitative estimate of drug-likeness (QED) is 0.423. The molecule has 2 unspecified atom stereocenters. The highest BCUT2D eigenvalue weighted by Crippen LogP contribution is 2.51. The third-order valence-electron chi connectivity index (χ3n) is 7.47. The van der Waals surface area contributed by atoms with Crippen molar-refractivity contribution in [1.82, 2.24) is 15.6 Å². The Bertz CT molecular complexity index is 1180. The number of alkyl halides is 3. The van der Waals surface area contributed by atoms with Gasteiger partial charge in [-0.25, -0.2) is 4.39 Å². The van der Waals surface area contributed by atoms with Crippen LogP contribution in [0.1, 0.15) is 68.4 Å². The summed E-state index contributed by atoms with van der Waals surface area (Å²) in [6, 6.07) is 4.93. The van der Waals surface area contributed by atoms with E-state index in [-0.39, 0.29) is 46.0 Å². The Morgan fingerprint density at radius 3 is 2.32 bits per heavy atom. The molecular formula is C27H30ClF4N3O3. The van der Waals surface area contributed by atoms with Crippen molar-refractivity contribution in [1.29, 1.82) is 0 Å². The van der Waals surface area contributed by atoms with Gasteiger partial charge >= 0.3 is 6.18 Å². The first kappa shape index (κ1) is 28.1. The van der Waals surface area contributed by atoms with E-state index in [2.05, 4.69) is 10.3 Å². The molecule has 1 aromatic carbocycles. The highest BCUT2D eigenvalue weighted by Gasteiger charge is 2.45. The number of fused-ring (bicyclic) bond motifs is 2. The summed E-state index contributed by atoms with van der Waals surface area (Å²) in [5.41, 5.74) is -0.363. The second-order valence-electron chi connectivity index (χ2n) is 10.7. The van der Waals surface area contributed by atoms with Gasteiger partial charge < -0.3 is 15.4 Å². The number of hydrogen-bond acceptors (Lipinski definition) is 4. The van der Waals surface area contributed by atoms with Gasteiger partial charge in [-0.2, -0.15) is 13.2 Å². The van der Waals surface area contributed by atoms with Gasteiger partial charge in [-0.3, -0.25) is 14.6 Å². The molecule has 0 aliphatic heterocycles. The average molecular weight is 556 g/mol. The number of pyridine rings is 1. The molecule has 3 atom stereocenters. The fourth-order valence-corrected chi connectivity index (χ4v) is 5.67. The van der Waals surface area contributed by atoms with Crippen molar-refractivity contribution in [3.8, 4) is 5.75 Å². The number of amides is 2. The van der Waals surface area contributed by atoms with E-state index in [0.717, 1.165) is 44.4 Å². The van der Waals surface area contributed by atoms with Crippen LogP contribution in [0.25, 0.3) is 0 Å². The van der Waals surface area contributed by atoms with Crippen LogP contribution in [0.5, 0.6) is 5.75 Å². The fraction of sp³-hybridized carbons (Fsp3) is 0.519. The lowest BCUT2D eigenvalue weighted by Crippen LogP contribution is -2.51. The van der Waals surface area contributed by atoms with Crippen molar-refractivity contribution in [2.75, 3.05) is 0 Å². The molecule has 2 aliphatic rings. The van der Waals surface area contributed by atoms with Crippen LogP contribution in [0.4, 0.5) is 17.6 Å². The average Bonchev–Trinajstić information content (AvgIpc) is 3.10. The Kier molecular flexibility index (Phi) is 7.93. The third kappa shape index (κ3) is 6.22. The summed E-state index contributed by atoms with van der Waals surface area (Å²) >= 11 is 6.05. The molecule has 0 radical (unpaired) electrons. The molecule has 206 valence electrons. The molecule has 6 nitrogen and oxygen atoms in total. The number of ether oxygens (including phenoxy) is 1. The van der Waals surface area contributed by atoms with Crippen LogP contribution in [-0.4, -0.2) is 40.7 Å². The molecule has 2 amide bonds. The second-order valence-corrected chi connectivity index (χ2v) is 11.1. The zero-order chi connectivity index (χ0) is 27.8. The number of rotatable bonds is 7. The van der Waals surface area contributed by atoms with Crippen LogP contribution in [0, 0.1) is 17.7 Å². The van der Waals surface area contributed by atoms with Crippen LogP contribution in [0.2, 0.25) is 5.02 Å². The minimum absolute atomic E-state index is 0.0586. The summed E-state index contributed by atoms with van der Waals surface area (Å²) in [5, 5.41) is 5.11. The highest BCUT2D eigenvalue weighted by atomic mass is 35.5. The molecular weight excluding hydrogens is 526 g/mol. The number of nitrogens with zero attached hydrogens (tertiary/aromatic N) is 1. The van der Waals surface area contributed by atoms with Gasteiger partial charge in [-0.05, 0) is 88.6 Å². The normalized spacial score (nSPS) is 24.0. The number of carbonyl (C=O) groups is 2. The number of aromatic nitrogens is 1. The maximum Gasteiger partial charge on any atom is 0.408 e. The SMILES string of the molecule is C[C@@H](NC(=O)c1ccc(C2C3CCC2CC(NC(=O)C(C)(C)Oc2ccc(F)cc2Cl)C3)nc1)C(F)(F)F. The highest BCUT2D eigenvalue weighted by molar-refractivity contribution is 6.32. The molecule has 0 saturated heterocycles. The molecule has 2 aliphatic carbocycles. The summed E-state index contributed by atoms with van der Waals surface area (Å²) in [6.45, 7) is 4.14. The Morgan fingerprint density at radius 1 is 1.11 bits per heavy atom. The van der Waals surface area contributed by atoms with E-state index in [1.165, 1.54) is 24.4 Å². The monoisotopic (exact) mass is 555 g/mol. The summed E-state index contributed by atoms with van der Waals surface area (Å²) in [6.07, 6.45) is 0.230. The minimum atomic E-state index is -4.52. The summed E-state index contributed by atoms with van der Waals surface area (Å²) in [5.74, 6) is -0.721. The van der Waals surface area contributed by atoms with Crippen LogP contribution in [-0.2, 0) is 4.79 Å². The van der Waals surface area contributed by atoms with Crippen molar-refractivity contribution in [3.05, 3.63) is 58.6 Å². The maximum absolute atomic E-state index is 13.3. The van der Waals surface area contributed by atoms with Gasteiger partial charge in [0.15, 0.2) is 5.60 Å². The summed E-state index contributed by atoms with van der Waals surface area (Å²) < 4.78 is 57.4. The molecule has 2 N–H and O–H groups in total.